The largest absolute Gasteiger partial charge is 0.466 e. The van der Waals surface area contributed by atoms with Crippen LogP contribution in [0, 0.1) is 5.92 Å². The van der Waals surface area contributed by atoms with Crippen molar-refractivity contribution in [3.05, 3.63) is 23.1 Å². The van der Waals surface area contributed by atoms with Crippen LogP contribution >= 0.6 is 11.6 Å². The third-order valence-corrected chi connectivity index (χ3v) is 6.18. The maximum absolute atomic E-state index is 12.7. The number of rotatable bonds is 4. The van der Waals surface area contributed by atoms with Crippen LogP contribution in [-0.4, -0.2) is 64.3 Å². The van der Waals surface area contributed by atoms with E-state index in [1.54, 1.807) is 11.1 Å². The number of hydrogen-bond acceptors (Lipinski definition) is 7. The van der Waals surface area contributed by atoms with E-state index >= 15 is 0 Å². The quantitative estimate of drug-likeness (QED) is 0.457. The first-order valence-electron chi connectivity index (χ1n) is 11.6. The van der Waals surface area contributed by atoms with Gasteiger partial charge in [-0.15, -0.1) is 0 Å². The standard InChI is InChI=1S/C24H35ClN4O4/c1-7-32-21(30)18-10-8-17(9-11-18)19-12-26-22(25)27-20(19)28-13-16(3)29(14-15(28)2)23(31)33-24(4,5)6/h8,12,15-16,18H,7,9-11,13-14H2,1-6H3/t15-,16+,18?/m0/s1. The van der Waals surface area contributed by atoms with Crippen molar-refractivity contribution >= 4 is 35.1 Å². The minimum atomic E-state index is -0.542. The molecule has 3 rings (SSSR count). The fourth-order valence-corrected chi connectivity index (χ4v) is 4.48. The molecule has 1 aliphatic carbocycles. The van der Waals surface area contributed by atoms with E-state index < -0.39 is 5.60 Å². The van der Waals surface area contributed by atoms with Crippen LogP contribution in [0.1, 0.15) is 66.4 Å². The Kier molecular flexibility index (Phi) is 7.88. The van der Waals surface area contributed by atoms with Gasteiger partial charge in [0.15, 0.2) is 0 Å². The molecule has 2 heterocycles. The molecule has 0 N–H and O–H groups in total. The van der Waals surface area contributed by atoms with E-state index in [1.807, 2.05) is 34.6 Å². The maximum Gasteiger partial charge on any atom is 0.410 e. The summed E-state index contributed by atoms with van der Waals surface area (Å²) in [5.41, 5.74) is 1.49. The van der Waals surface area contributed by atoms with Gasteiger partial charge >= 0.3 is 12.1 Å². The summed E-state index contributed by atoms with van der Waals surface area (Å²) in [5.74, 6) is 0.516. The van der Waals surface area contributed by atoms with Crippen molar-refractivity contribution in [2.75, 3.05) is 24.6 Å². The Morgan fingerprint density at radius 1 is 1.21 bits per heavy atom. The Morgan fingerprint density at radius 3 is 2.55 bits per heavy atom. The average Bonchev–Trinajstić information content (AvgIpc) is 2.74. The fourth-order valence-electron chi connectivity index (χ4n) is 4.35. The third kappa shape index (κ3) is 6.16. The number of carbonyl (C=O) groups excluding carboxylic acids is 2. The van der Waals surface area contributed by atoms with Gasteiger partial charge in [-0.2, -0.15) is 4.98 Å². The second-order valence-electron chi connectivity index (χ2n) is 9.81. The zero-order valence-corrected chi connectivity index (χ0v) is 21.2. The van der Waals surface area contributed by atoms with Gasteiger partial charge in [0.05, 0.1) is 12.5 Å². The van der Waals surface area contributed by atoms with Crippen LogP contribution in [-0.2, 0) is 14.3 Å². The van der Waals surface area contributed by atoms with Gasteiger partial charge in [-0.05, 0) is 78.0 Å². The number of allylic oxidation sites excluding steroid dienone is 2. The van der Waals surface area contributed by atoms with E-state index in [0.717, 1.165) is 29.8 Å². The van der Waals surface area contributed by atoms with Crippen molar-refractivity contribution in [1.82, 2.24) is 14.9 Å². The summed E-state index contributed by atoms with van der Waals surface area (Å²) in [6.07, 6.45) is 5.65. The molecule has 33 heavy (non-hydrogen) atoms. The minimum Gasteiger partial charge on any atom is -0.466 e. The number of ether oxygens (including phenoxy) is 2. The van der Waals surface area contributed by atoms with E-state index in [9.17, 15) is 9.59 Å². The number of amides is 1. The Labute approximate surface area is 201 Å². The lowest BCUT2D eigenvalue weighted by Crippen LogP contribution is -2.59. The third-order valence-electron chi connectivity index (χ3n) is 6.00. The molecule has 1 aromatic rings. The van der Waals surface area contributed by atoms with Crippen LogP contribution in [0.3, 0.4) is 0 Å². The molecule has 0 spiro atoms. The number of aromatic nitrogens is 2. The molecule has 0 aromatic carbocycles. The molecular weight excluding hydrogens is 444 g/mol. The van der Waals surface area contributed by atoms with Crippen molar-refractivity contribution in [2.45, 2.75) is 78.5 Å². The van der Waals surface area contributed by atoms with Gasteiger partial charge in [0, 0.05) is 36.9 Å². The lowest BCUT2D eigenvalue weighted by atomic mass is 9.87. The molecule has 0 radical (unpaired) electrons. The molecular formula is C24H35ClN4O4. The monoisotopic (exact) mass is 478 g/mol. The van der Waals surface area contributed by atoms with Crippen LogP contribution in [0.25, 0.3) is 5.57 Å². The predicted molar refractivity (Wildman–Crippen MR) is 128 cm³/mol. The van der Waals surface area contributed by atoms with Crippen LogP contribution < -0.4 is 4.90 Å². The topological polar surface area (TPSA) is 84.9 Å². The Hall–Kier alpha value is -2.35. The summed E-state index contributed by atoms with van der Waals surface area (Å²) < 4.78 is 10.8. The SMILES string of the molecule is CCOC(=O)C1CC=C(c2cnc(Cl)nc2N2C[C@@H](C)N(C(=O)OC(C)(C)C)C[C@@H]2C)CC1. The first kappa shape index (κ1) is 25.3. The zero-order valence-electron chi connectivity index (χ0n) is 20.4. The van der Waals surface area contributed by atoms with Gasteiger partial charge in [0.2, 0.25) is 5.28 Å². The average molecular weight is 479 g/mol. The molecule has 1 fully saturated rings. The number of esters is 1. The highest BCUT2D eigenvalue weighted by atomic mass is 35.5. The van der Waals surface area contributed by atoms with Crippen molar-refractivity contribution in [3.63, 3.8) is 0 Å². The molecule has 182 valence electrons. The van der Waals surface area contributed by atoms with Crippen LogP contribution in [0.15, 0.2) is 12.3 Å². The lowest BCUT2D eigenvalue weighted by Gasteiger charge is -2.45. The maximum atomic E-state index is 12.7. The van der Waals surface area contributed by atoms with Gasteiger partial charge in [-0.25, -0.2) is 9.78 Å². The summed E-state index contributed by atoms with van der Waals surface area (Å²) in [5, 5.41) is 0.184. The molecule has 1 amide bonds. The van der Waals surface area contributed by atoms with Gasteiger partial charge < -0.3 is 19.3 Å². The number of hydrogen-bond donors (Lipinski definition) is 0. The fraction of sp³-hybridized carbons (Fsp3) is 0.667. The van der Waals surface area contributed by atoms with E-state index in [-0.39, 0.29) is 35.3 Å². The highest BCUT2D eigenvalue weighted by molar-refractivity contribution is 6.28. The summed E-state index contributed by atoms with van der Waals surface area (Å²) in [4.78, 5) is 37.6. The van der Waals surface area contributed by atoms with Gasteiger partial charge in [-0.3, -0.25) is 4.79 Å². The molecule has 1 aromatic heterocycles. The van der Waals surface area contributed by atoms with Gasteiger partial charge in [0.1, 0.15) is 11.4 Å². The number of anilines is 1. The second-order valence-corrected chi connectivity index (χ2v) is 10.2. The highest BCUT2D eigenvalue weighted by Gasteiger charge is 2.36. The highest BCUT2D eigenvalue weighted by Crippen LogP contribution is 2.36. The number of halogens is 1. The molecule has 0 bridgehead atoms. The van der Waals surface area contributed by atoms with Crippen molar-refractivity contribution in [3.8, 4) is 0 Å². The van der Waals surface area contributed by atoms with Gasteiger partial charge in [-0.1, -0.05) is 6.08 Å². The number of nitrogens with zero attached hydrogens (tertiary/aromatic N) is 4. The van der Waals surface area contributed by atoms with Crippen molar-refractivity contribution < 1.29 is 19.1 Å². The van der Waals surface area contributed by atoms with Crippen LogP contribution in [0.5, 0.6) is 0 Å². The van der Waals surface area contributed by atoms with Crippen molar-refractivity contribution in [2.24, 2.45) is 5.92 Å². The number of carbonyl (C=O) groups is 2. The summed E-state index contributed by atoms with van der Waals surface area (Å²) in [6, 6.07) is -0.0546. The first-order valence-corrected chi connectivity index (χ1v) is 12.0. The Balaban J connectivity index is 1.81. The molecule has 2 aliphatic rings. The molecule has 3 atom stereocenters. The summed E-state index contributed by atoms with van der Waals surface area (Å²) in [6.45, 7) is 13.0. The van der Waals surface area contributed by atoms with Crippen molar-refractivity contribution in [1.29, 1.82) is 0 Å². The summed E-state index contributed by atoms with van der Waals surface area (Å²) in [7, 11) is 0. The lowest BCUT2D eigenvalue weighted by molar-refractivity contribution is -0.148. The second kappa shape index (κ2) is 10.3. The molecule has 1 aliphatic heterocycles. The predicted octanol–water partition coefficient (Wildman–Crippen LogP) is 4.71. The Bertz CT molecular complexity index is 914. The number of piperazine rings is 1. The van der Waals surface area contributed by atoms with Crippen LogP contribution in [0.2, 0.25) is 5.28 Å². The van der Waals surface area contributed by atoms with E-state index in [0.29, 0.717) is 26.1 Å². The molecule has 0 saturated carbocycles. The van der Waals surface area contributed by atoms with E-state index in [4.69, 9.17) is 21.1 Å². The first-order chi connectivity index (χ1) is 15.5. The molecule has 9 heteroatoms. The normalized spacial score (nSPS) is 23.7. The smallest absolute Gasteiger partial charge is 0.410 e. The van der Waals surface area contributed by atoms with Crippen LogP contribution in [0.4, 0.5) is 10.6 Å². The van der Waals surface area contributed by atoms with E-state index in [1.165, 1.54) is 0 Å². The molecule has 1 saturated heterocycles. The van der Waals surface area contributed by atoms with E-state index in [2.05, 4.69) is 27.9 Å². The van der Waals surface area contributed by atoms with Gasteiger partial charge in [0.25, 0.3) is 0 Å². The molecule has 8 nitrogen and oxygen atoms in total. The minimum absolute atomic E-state index is 0.00917. The molecule has 1 unspecified atom stereocenters. The summed E-state index contributed by atoms with van der Waals surface area (Å²) >= 11 is 6.20. The Morgan fingerprint density at radius 2 is 1.94 bits per heavy atom. The zero-order chi connectivity index (χ0) is 24.3.